The average molecular weight is 322 g/mol. The molecule has 1 unspecified atom stereocenters. The summed E-state index contributed by atoms with van der Waals surface area (Å²) in [5.74, 6) is -0.802. The van der Waals surface area contributed by atoms with Crippen LogP contribution in [0.25, 0.3) is 10.8 Å². The summed E-state index contributed by atoms with van der Waals surface area (Å²) in [7, 11) is 0. The molecular weight excluding hydrogens is 306 g/mol. The molecule has 0 radical (unpaired) electrons. The van der Waals surface area contributed by atoms with E-state index in [-0.39, 0.29) is 5.92 Å². The molecule has 0 bridgehead atoms. The summed E-state index contributed by atoms with van der Waals surface area (Å²) in [6.07, 6.45) is 0. The van der Waals surface area contributed by atoms with Crippen LogP contribution < -0.4 is 5.32 Å². The fraction of sp³-hybridized carbons (Fsp3) is 0.267. The van der Waals surface area contributed by atoms with E-state index in [9.17, 15) is 9.90 Å². The zero-order valence-electron chi connectivity index (χ0n) is 10.9. The Hall–Kier alpha value is -1.55. The largest absolute Gasteiger partial charge is 0.480 e. The molecule has 2 aromatic carbocycles. The van der Waals surface area contributed by atoms with Crippen LogP contribution in [0.4, 0.5) is 5.69 Å². The molecule has 0 saturated heterocycles. The van der Waals surface area contributed by atoms with Crippen molar-refractivity contribution in [1.82, 2.24) is 0 Å². The van der Waals surface area contributed by atoms with Crippen LogP contribution in [-0.2, 0) is 4.79 Å². The highest BCUT2D eigenvalue weighted by atomic mass is 79.9. The second-order valence-corrected chi connectivity index (χ2v) is 5.83. The first-order valence-corrected chi connectivity index (χ1v) is 6.95. The third-order valence-corrected chi connectivity index (χ3v) is 3.55. The van der Waals surface area contributed by atoms with Crippen LogP contribution in [0.2, 0.25) is 0 Å². The van der Waals surface area contributed by atoms with Crippen molar-refractivity contribution in [1.29, 1.82) is 0 Å². The minimum absolute atomic E-state index is 0.0260. The van der Waals surface area contributed by atoms with Gasteiger partial charge >= 0.3 is 5.97 Å². The predicted octanol–water partition coefficient (Wildman–Crippen LogP) is 4.12. The number of aliphatic carboxylic acids is 1. The van der Waals surface area contributed by atoms with Gasteiger partial charge in [-0.1, -0.05) is 41.9 Å². The van der Waals surface area contributed by atoms with E-state index >= 15 is 0 Å². The van der Waals surface area contributed by atoms with E-state index in [0.717, 1.165) is 20.9 Å². The number of anilines is 1. The Morgan fingerprint density at radius 1 is 1.16 bits per heavy atom. The van der Waals surface area contributed by atoms with Gasteiger partial charge < -0.3 is 10.4 Å². The molecule has 0 fully saturated rings. The maximum atomic E-state index is 11.2. The highest BCUT2D eigenvalue weighted by Crippen LogP contribution is 2.24. The number of halogens is 1. The van der Waals surface area contributed by atoms with Gasteiger partial charge in [0.15, 0.2) is 0 Å². The van der Waals surface area contributed by atoms with Gasteiger partial charge in [0.1, 0.15) is 6.04 Å². The second-order valence-electron chi connectivity index (χ2n) is 4.91. The first-order valence-electron chi connectivity index (χ1n) is 6.16. The summed E-state index contributed by atoms with van der Waals surface area (Å²) in [6.45, 7) is 3.79. The monoisotopic (exact) mass is 321 g/mol. The van der Waals surface area contributed by atoms with Crippen LogP contribution in [-0.4, -0.2) is 17.1 Å². The summed E-state index contributed by atoms with van der Waals surface area (Å²) in [6, 6.07) is 11.3. The van der Waals surface area contributed by atoms with Gasteiger partial charge in [-0.3, -0.25) is 0 Å². The number of fused-ring (bicyclic) bond motifs is 1. The molecule has 0 heterocycles. The molecular formula is C15H16BrNO2. The van der Waals surface area contributed by atoms with Gasteiger partial charge in [-0.25, -0.2) is 4.79 Å². The smallest absolute Gasteiger partial charge is 0.326 e. The molecule has 2 aromatic rings. The molecule has 0 aliphatic rings. The van der Waals surface area contributed by atoms with Crippen molar-refractivity contribution in [3.63, 3.8) is 0 Å². The van der Waals surface area contributed by atoms with E-state index in [1.54, 1.807) is 0 Å². The standard InChI is InChI=1S/C15H16BrNO2/c1-9(2)14(15(18)19)17-13-6-4-10-7-12(16)5-3-11(10)8-13/h3-9,14,17H,1-2H3,(H,18,19). The first-order chi connectivity index (χ1) is 8.97. The second kappa shape index (κ2) is 5.61. The van der Waals surface area contributed by atoms with Crippen molar-refractivity contribution in [2.75, 3.05) is 5.32 Å². The molecule has 0 aliphatic carbocycles. The van der Waals surface area contributed by atoms with Gasteiger partial charge in [0, 0.05) is 10.2 Å². The van der Waals surface area contributed by atoms with E-state index in [1.807, 2.05) is 50.2 Å². The highest BCUT2D eigenvalue weighted by Gasteiger charge is 2.20. The molecule has 0 spiro atoms. The van der Waals surface area contributed by atoms with E-state index < -0.39 is 12.0 Å². The number of hydrogen-bond donors (Lipinski definition) is 2. The maximum absolute atomic E-state index is 11.2. The lowest BCUT2D eigenvalue weighted by atomic mass is 10.0. The van der Waals surface area contributed by atoms with Crippen LogP contribution in [0, 0.1) is 5.92 Å². The van der Waals surface area contributed by atoms with E-state index in [0.29, 0.717) is 0 Å². The Balaban J connectivity index is 2.31. The molecule has 2 rings (SSSR count). The summed E-state index contributed by atoms with van der Waals surface area (Å²) >= 11 is 3.44. The Morgan fingerprint density at radius 3 is 2.42 bits per heavy atom. The number of benzene rings is 2. The molecule has 1 atom stereocenters. The van der Waals surface area contributed by atoms with Crippen molar-refractivity contribution in [2.24, 2.45) is 5.92 Å². The molecule has 0 aromatic heterocycles. The molecule has 0 aliphatic heterocycles. The average Bonchev–Trinajstić information content (AvgIpc) is 2.35. The van der Waals surface area contributed by atoms with Crippen molar-refractivity contribution in [3.05, 3.63) is 40.9 Å². The number of rotatable bonds is 4. The third-order valence-electron chi connectivity index (χ3n) is 3.06. The van der Waals surface area contributed by atoms with Gasteiger partial charge in [-0.2, -0.15) is 0 Å². The molecule has 0 saturated carbocycles. The number of nitrogens with one attached hydrogen (secondary N) is 1. The Bertz CT molecular complexity index is 610. The van der Waals surface area contributed by atoms with Gasteiger partial charge in [-0.05, 0) is 41.0 Å². The fourth-order valence-electron chi connectivity index (χ4n) is 2.00. The van der Waals surface area contributed by atoms with Crippen molar-refractivity contribution < 1.29 is 9.90 Å². The van der Waals surface area contributed by atoms with Gasteiger partial charge in [0.2, 0.25) is 0 Å². The summed E-state index contributed by atoms with van der Waals surface area (Å²) in [5.41, 5.74) is 0.830. The lowest BCUT2D eigenvalue weighted by Crippen LogP contribution is -2.34. The van der Waals surface area contributed by atoms with E-state index in [4.69, 9.17) is 0 Å². The lowest BCUT2D eigenvalue weighted by molar-refractivity contribution is -0.138. The van der Waals surface area contributed by atoms with E-state index in [1.165, 1.54) is 0 Å². The lowest BCUT2D eigenvalue weighted by Gasteiger charge is -2.19. The van der Waals surface area contributed by atoms with Crippen LogP contribution in [0.5, 0.6) is 0 Å². The number of carboxylic acids is 1. The van der Waals surface area contributed by atoms with Gasteiger partial charge in [0.25, 0.3) is 0 Å². The molecule has 3 nitrogen and oxygen atoms in total. The quantitative estimate of drug-likeness (QED) is 0.890. The fourth-order valence-corrected chi connectivity index (χ4v) is 2.38. The third kappa shape index (κ3) is 3.26. The van der Waals surface area contributed by atoms with Crippen LogP contribution in [0.1, 0.15) is 13.8 Å². The Kier molecular flexibility index (Phi) is 4.10. The van der Waals surface area contributed by atoms with Crippen LogP contribution >= 0.6 is 15.9 Å². The summed E-state index contributed by atoms with van der Waals surface area (Å²) in [4.78, 5) is 11.2. The Morgan fingerprint density at radius 2 is 1.79 bits per heavy atom. The van der Waals surface area contributed by atoms with Crippen LogP contribution in [0.3, 0.4) is 0 Å². The first kappa shape index (κ1) is 13.9. The van der Waals surface area contributed by atoms with Crippen molar-refractivity contribution in [2.45, 2.75) is 19.9 Å². The van der Waals surface area contributed by atoms with Crippen LogP contribution in [0.15, 0.2) is 40.9 Å². The molecule has 4 heteroatoms. The topological polar surface area (TPSA) is 49.3 Å². The Labute approximate surface area is 120 Å². The minimum Gasteiger partial charge on any atom is -0.480 e. The highest BCUT2D eigenvalue weighted by molar-refractivity contribution is 9.10. The SMILES string of the molecule is CC(C)C(Nc1ccc2cc(Br)ccc2c1)C(=O)O. The van der Waals surface area contributed by atoms with E-state index in [2.05, 4.69) is 21.2 Å². The predicted molar refractivity (Wildman–Crippen MR) is 81.5 cm³/mol. The minimum atomic E-state index is -0.828. The zero-order chi connectivity index (χ0) is 14.0. The number of carbonyl (C=O) groups is 1. The maximum Gasteiger partial charge on any atom is 0.326 e. The molecule has 100 valence electrons. The summed E-state index contributed by atoms with van der Waals surface area (Å²) in [5, 5.41) is 14.5. The normalized spacial score (nSPS) is 12.6. The number of hydrogen-bond acceptors (Lipinski definition) is 2. The molecule has 2 N–H and O–H groups in total. The van der Waals surface area contributed by atoms with Crippen molar-refractivity contribution >= 4 is 38.4 Å². The zero-order valence-corrected chi connectivity index (χ0v) is 12.4. The van der Waals surface area contributed by atoms with Crippen molar-refractivity contribution in [3.8, 4) is 0 Å². The summed E-state index contributed by atoms with van der Waals surface area (Å²) < 4.78 is 1.03. The van der Waals surface area contributed by atoms with Gasteiger partial charge in [0.05, 0.1) is 0 Å². The molecule has 19 heavy (non-hydrogen) atoms. The number of carboxylic acid groups (broad SMARTS) is 1. The molecule has 0 amide bonds. The van der Waals surface area contributed by atoms with Gasteiger partial charge in [-0.15, -0.1) is 0 Å².